The second kappa shape index (κ2) is 47.9. The van der Waals surface area contributed by atoms with E-state index in [-0.39, 0.29) is 78.0 Å². The number of urea groups is 6. The van der Waals surface area contributed by atoms with Gasteiger partial charge in [-0.15, -0.1) is 0 Å². The van der Waals surface area contributed by atoms with Gasteiger partial charge in [0.05, 0.1) is 31.0 Å². The lowest BCUT2D eigenvalue weighted by Crippen LogP contribution is -2.63. The van der Waals surface area contributed by atoms with E-state index in [0.29, 0.717) is 70.1 Å². The average molecular weight is 1750 g/mol. The predicted molar refractivity (Wildman–Crippen MR) is 510 cm³/mol. The van der Waals surface area contributed by atoms with Gasteiger partial charge >= 0.3 is 36.2 Å². The van der Waals surface area contributed by atoms with Crippen LogP contribution in [0.2, 0.25) is 0 Å². The summed E-state index contributed by atoms with van der Waals surface area (Å²) in [6.07, 6.45) is 21.8. The van der Waals surface area contributed by atoms with E-state index in [1.165, 1.54) is 149 Å². The van der Waals surface area contributed by atoms with Gasteiger partial charge in [-0.1, -0.05) is 0 Å². The van der Waals surface area contributed by atoms with Crippen LogP contribution in [0.1, 0.15) is 282 Å². The molecule has 26 heteroatoms. The molecule has 0 radical (unpaired) electrons. The molecule has 0 N–H and O–H groups in total. The van der Waals surface area contributed by atoms with Crippen LogP contribution in [0.15, 0.2) is 0 Å². The van der Waals surface area contributed by atoms with Crippen molar-refractivity contribution in [2.24, 2.45) is 21.7 Å². The van der Waals surface area contributed by atoms with Gasteiger partial charge in [0, 0.05) is 226 Å². The first-order valence-corrected chi connectivity index (χ1v) is 50.0. The highest BCUT2D eigenvalue weighted by Gasteiger charge is 2.48. The van der Waals surface area contributed by atoms with Crippen molar-refractivity contribution in [1.29, 1.82) is 0 Å². The molecule has 2 atom stereocenters. The molecule has 12 amide bonds. The number of ether oxygens (including phenoxy) is 2. The van der Waals surface area contributed by atoms with Crippen molar-refractivity contribution in [3.63, 3.8) is 0 Å². The van der Waals surface area contributed by atoms with Crippen LogP contribution in [-0.4, -0.2) is 421 Å². The molecule has 12 rings (SSSR count). The molecule has 26 nitrogen and oxygen atoms in total. The summed E-state index contributed by atoms with van der Waals surface area (Å²) in [7, 11) is 11.4. The second-order valence-corrected chi connectivity index (χ2v) is 43.8. The number of morpholine rings is 2. The zero-order valence-electron chi connectivity index (χ0n) is 85.3. The third-order valence-corrected chi connectivity index (χ3v) is 32.0. The largest absolute Gasteiger partial charge is 0.375 e. The summed E-state index contributed by atoms with van der Waals surface area (Å²) in [5, 5.41) is 0. The van der Waals surface area contributed by atoms with Gasteiger partial charge in [0.25, 0.3) is 0 Å². The molecule has 0 aliphatic carbocycles. The number of carbonyl (C=O) groups is 6. The lowest BCUT2D eigenvalue weighted by Gasteiger charge is -2.49. The zero-order chi connectivity index (χ0) is 92.3. The quantitative estimate of drug-likeness (QED) is 0.180. The minimum absolute atomic E-state index is 0.0320. The second-order valence-electron chi connectivity index (χ2n) is 43.8. The Morgan fingerprint density at radius 1 is 0.266 bits per heavy atom. The summed E-state index contributed by atoms with van der Waals surface area (Å²) < 4.78 is 12.0. The lowest BCUT2D eigenvalue weighted by molar-refractivity contribution is -0.138. The first-order chi connectivity index (χ1) is 58.1. The third kappa shape index (κ3) is 29.1. The normalized spacial score (nSPS) is 23.9. The van der Waals surface area contributed by atoms with Gasteiger partial charge in [-0.2, -0.15) is 0 Å². The van der Waals surface area contributed by atoms with Crippen LogP contribution in [-0.2, 0) is 9.47 Å². The Kier molecular flexibility index (Phi) is 41.1. The highest BCUT2D eigenvalue weighted by Crippen LogP contribution is 2.46. The molecule has 0 aromatic carbocycles. The summed E-state index contributed by atoms with van der Waals surface area (Å²) in [6, 6.07) is 6.77. The van der Waals surface area contributed by atoms with E-state index in [1.54, 1.807) is 0 Å². The van der Waals surface area contributed by atoms with Crippen LogP contribution in [0.3, 0.4) is 0 Å². The summed E-state index contributed by atoms with van der Waals surface area (Å²) in [5.41, 5.74) is 1.82. The van der Waals surface area contributed by atoms with Gasteiger partial charge in [-0.05, 0) is 343 Å². The van der Waals surface area contributed by atoms with Crippen molar-refractivity contribution in [2.45, 2.75) is 372 Å². The van der Waals surface area contributed by atoms with Gasteiger partial charge in [-0.3, -0.25) is 9.80 Å². The summed E-state index contributed by atoms with van der Waals surface area (Å²) >= 11 is 0. The Hall–Kier alpha value is -4.70. The van der Waals surface area contributed by atoms with Crippen LogP contribution >= 0.6 is 0 Å². The lowest BCUT2D eigenvalue weighted by atomic mass is 9.71. The van der Waals surface area contributed by atoms with Crippen LogP contribution in [0.25, 0.3) is 0 Å². The first kappa shape index (κ1) is 106. The van der Waals surface area contributed by atoms with E-state index < -0.39 is 0 Å². The number of amides is 12. The number of rotatable bonds is 12. The summed E-state index contributed by atoms with van der Waals surface area (Å²) in [6.45, 7) is 77.2. The monoisotopic (exact) mass is 1750 g/mol. The third-order valence-electron chi connectivity index (χ3n) is 32.0. The van der Waals surface area contributed by atoms with Gasteiger partial charge < -0.3 is 87.9 Å². The van der Waals surface area contributed by atoms with Crippen molar-refractivity contribution >= 4 is 36.2 Å². The Bertz CT molecular complexity index is 3120. The van der Waals surface area contributed by atoms with E-state index in [2.05, 4.69) is 196 Å². The fraction of sp³-hybridized carbons (Fsp3) is 0.939. The van der Waals surface area contributed by atoms with E-state index in [0.717, 1.165) is 131 Å². The SMILES string of the molecule is CC(C)N(C)C(=O)N1CCC2OCCN(C(C)C)C2C1.CC(C)N1CCC2(CCCN(C(=O)N(C)C(C)C)C2)CC1.CC(C)N1CCC2(CCN(C(=O)N(C)C(C)C)CC2)C1.CC(C)N1CCC2(CCN(C(=O)N(C)C(C)C)CC2)CC1.CC(C)N1CCCC2(CCN(C(=O)N(C)C(C)C)CC2)C1.CC(C)N1CCOC2(CCN(C(=O)N(C)C(C)C)CC2)C1. The van der Waals surface area contributed by atoms with Crippen molar-refractivity contribution < 1.29 is 38.2 Å². The first-order valence-electron chi connectivity index (χ1n) is 50.0. The maximum Gasteiger partial charge on any atom is 0.320 e. The standard InChI is InChI=1S/3C17H33N3O.C16H31N3O2.C16H31N3O.C15H29N3O2/c1-14(2)18(5)16(21)20-12-8-17(9-13-20)6-10-19(11-7-17)15(3)4;1-14(2)18(5)16(21)19-11-8-17(9-12-19)7-6-10-20(13-17)15(3)4;1-14(2)18(5)16(21)20-10-6-7-17(13-20)8-11-19(12-9-17)15(3)4;1-13(2)17(5)15(20)18-8-6-16(7-9-18)12-19(14(3)4)10-11-21-16;1-13(2)17(5)15(20)18-9-6-16(7-10-18)8-11-19(12-16)14(3)4;1-11(2)16(5)15(19)17-7-6-14-13(10-17)18(12(3)4)8-9-20-14/h3*14-15H,6-13H2,1-5H3;13-14H,6-12H2,1-5H3;13-14H,6-12H2,1-5H3;11-14H,6-10H2,1-5H3. The van der Waals surface area contributed by atoms with Crippen LogP contribution in [0, 0.1) is 21.7 Å². The molecule has 12 aliphatic rings. The molecule has 2 unspecified atom stereocenters. The number of nitrogens with zero attached hydrogens (tertiary/aromatic N) is 18. The Morgan fingerprint density at radius 2 is 0.556 bits per heavy atom. The number of piperidine rings is 9. The summed E-state index contributed by atoms with van der Waals surface area (Å²) in [5.74, 6) is 0. The maximum atomic E-state index is 12.6. The average Bonchev–Trinajstić information content (AvgIpc) is 1.41. The van der Waals surface area contributed by atoms with Gasteiger partial charge in [-0.25, -0.2) is 28.8 Å². The maximum absolute atomic E-state index is 12.6. The fourth-order valence-corrected chi connectivity index (χ4v) is 20.8. The number of hydrogen-bond donors (Lipinski definition) is 0. The molecule has 12 aliphatic heterocycles. The molecule has 0 aromatic rings. The van der Waals surface area contributed by atoms with Gasteiger partial charge in [0.1, 0.15) is 0 Å². The number of likely N-dealkylation sites (tertiary alicyclic amines) is 10. The molecular weight excluding hydrogens is 1560 g/mol. The van der Waals surface area contributed by atoms with Crippen molar-refractivity contribution in [1.82, 2.24) is 88.2 Å². The number of hydrogen-bond acceptors (Lipinski definition) is 14. The molecule has 5 spiro atoms. The molecule has 12 heterocycles. The van der Waals surface area contributed by atoms with Crippen molar-refractivity contribution in [3.05, 3.63) is 0 Å². The fourth-order valence-electron chi connectivity index (χ4n) is 20.8. The van der Waals surface area contributed by atoms with Crippen molar-refractivity contribution in [2.75, 3.05) is 206 Å². The summed E-state index contributed by atoms with van der Waals surface area (Å²) in [4.78, 5) is 113. The van der Waals surface area contributed by atoms with Crippen LogP contribution in [0.5, 0.6) is 0 Å². The molecule has 12 fully saturated rings. The minimum atomic E-state index is -0.0320. The van der Waals surface area contributed by atoms with E-state index >= 15 is 0 Å². The number of carbonyl (C=O) groups excluding carboxylic acids is 6. The zero-order valence-corrected chi connectivity index (χ0v) is 85.3. The molecule has 720 valence electrons. The Labute approximate surface area is 758 Å². The molecule has 124 heavy (non-hydrogen) atoms. The number of fused-ring (bicyclic) bond motifs is 1. The molecule has 0 saturated carbocycles. The topological polar surface area (TPSA) is 179 Å². The smallest absolute Gasteiger partial charge is 0.320 e. The van der Waals surface area contributed by atoms with Crippen molar-refractivity contribution in [3.8, 4) is 0 Å². The van der Waals surface area contributed by atoms with Crippen LogP contribution in [0.4, 0.5) is 28.8 Å². The Balaban J connectivity index is 0.000000204. The van der Waals surface area contributed by atoms with E-state index in [1.807, 2.05) is 100 Å². The highest BCUT2D eigenvalue weighted by molar-refractivity contribution is 5.77. The molecule has 0 aromatic heterocycles. The molecule has 12 saturated heterocycles. The molecule has 0 bridgehead atoms. The van der Waals surface area contributed by atoms with E-state index in [4.69, 9.17) is 9.47 Å². The minimum Gasteiger partial charge on any atom is -0.375 e. The predicted octanol–water partition coefficient (Wildman–Crippen LogP) is 15.4. The van der Waals surface area contributed by atoms with Gasteiger partial charge in [0.15, 0.2) is 0 Å². The van der Waals surface area contributed by atoms with Gasteiger partial charge in [0.2, 0.25) is 0 Å². The highest BCUT2D eigenvalue weighted by atomic mass is 16.5. The van der Waals surface area contributed by atoms with E-state index in [9.17, 15) is 28.8 Å². The molecular formula is C98H190N18O8. The van der Waals surface area contributed by atoms with Crippen LogP contribution < -0.4 is 0 Å². The Morgan fingerprint density at radius 3 is 0.911 bits per heavy atom.